The fourth-order valence-electron chi connectivity index (χ4n) is 1.32. The van der Waals surface area contributed by atoms with Gasteiger partial charge in [0.25, 0.3) is 0 Å². The lowest BCUT2D eigenvalue weighted by atomic mass is 10.2. The first-order valence-electron chi connectivity index (χ1n) is 5.93. The number of carbonyl (C=O) groups is 1. The van der Waals surface area contributed by atoms with Crippen LogP contribution >= 0.6 is 0 Å². The number of amides is 1. The zero-order chi connectivity index (χ0) is 14.5. The first-order chi connectivity index (χ1) is 8.78. The Balaban J connectivity index is 2.44. The molecule has 0 bridgehead atoms. The predicted molar refractivity (Wildman–Crippen MR) is 73.0 cm³/mol. The van der Waals surface area contributed by atoms with Crippen molar-refractivity contribution >= 4 is 12.2 Å². The molecule has 0 fully saturated rings. The van der Waals surface area contributed by atoms with Crippen LogP contribution in [0.5, 0.6) is 11.5 Å². The summed E-state index contributed by atoms with van der Waals surface area (Å²) in [5.41, 5.74) is 0.0343. The van der Waals surface area contributed by atoms with Gasteiger partial charge in [-0.3, -0.25) is 0 Å². The van der Waals surface area contributed by atoms with E-state index in [-0.39, 0.29) is 18.0 Å². The number of benzene rings is 1. The Morgan fingerprint density at radius 2 is 2.05 bits per heavy atom. The van der Waals surface area contributed by atoms with E-state index in [1.807, 2.05) is 0 Å². The van der Waals surface area contributed by atoms with E-state index in [0.717, 1.165) is 0 Å². The number of alkyl carbamates (subject to hydrolysis) is 1. The van der Waals surface area contributed by atoms with E-state index in [4.69, 9.17) is 9.84 Å². The number of nitrogens with one attached hydrogen (secondary N) is 1. The Hall–Kier alpha value is -2.17. The van der Waals surface area contributed by atoms with E-state index in [2.05, 4.69) is 5.32 Å². The summed E-state index contributed by atoms with van der Waals surface area (Å²) >= 11 is 0. The molecule has 0 atom stereocenters. The SMILES string of the molecule is CC(C)(C)OC(=O)NCC=Cc1ccc(O)cc1O. The molecule has 104 valence electrons. The number of ether oxygens (including phenoxy) is 1. The van der Waals surface area contributed by atoms with Gasteiger partial charge in [-0.15, -0.1) is 0 Å². The number of hydrogen-bond donors (Lipinski definition) is 3. The van der Waals surface area contributed by atoms with E-state index >= 15 is 0 Å². The summed E-state index contributed by atoms with van der Waals surface area (Å²) in [4.78, 5) is 11.3. The smallest absolute Gasteiger partial charge is 0.407 e. The molecule has 5 nitrogen and oxygen atoms in total. The zero-order valence-corrected chi connectivity index (χ0v) is 11.3. The minimum atomic E-state index is -0.525. The molecule has 0 aliphatic rings. The van der Waals surface area contributed by atoms with Gasteiger partial charge in [-0.1, -0.05) is 12.2 Å². The van der Waals surface area contributed by atoms with Gasteiger partial charge in [-0.2, -0.15) is 0 Å². The van der Waals surface area contributed by atoms with Gasteiger partial charge in [0, 0.05) is 18.2 Å². The fourth-order valence-corrected chi connectivity index (χ4v) is 1.32. The molecule has 0 aromatic heterocycles. The van der Waals surface area contributed by atoms with Crippen molar-refractivity contribution in [1.82, 2.24) is 5.32 Å². The maximum Gasteiger partial charge on any atom is 0.407 e. The van der Waals surface area contributed by atoms with Crippen LogP contribution in [0.15, 0.2) is 24.3 Å². The zero-order valence-electron chi connectivity index (χ0n) is 11.3. The Bertz CT molecular complexity index is 475. The summed E-state index contributed by atoms with van der Waals surface area (Å²) in [6.45, 7) is 5.65. The van der Waals surface area contributed by atoms with Gasteiger partial charge in [-0.05, 0) is 32.9 Å². The lowest BCUT2D eigenvalue weighted by Gasteiger charge is -2.19. The van der Waals surface area contributed by atoms with E-state index in [1.54, 1.807) is 39.0 Å². The summed E-state index contributed by atoms with van der Waals surface area (Å²) in [5.74, 6) is -0.0185. The molecular formula is C14H19NO4. The minimum Gasteiger partial charge on any atom is -0.508 e. The summed E-state index contributed by atoms with van der Waals surface area (Å²) in [5, 5.41) is 21.2. The molecule has 1 aromatic rings. The first kappa shape index (κ1) is 14.9. The molecule has 0 spiro atoms. The molecule has 1 aromatic carbocycles. The van der Waals surface area contributed by atoms with Gasteiger partial charge in [0.05, 0.1) is 0 Å². The Kier molecular flexibility index (Phi) is 4.80. The third-order valence-corrected chi connectivity index (χ3v) is 2.07. The number of phenolic OH excluding ortho intramolecular Hbond substituents is 2. The number of aromatic hydroxyl groups is 2. The van der Waals surface area contributed by atoms with Crippen LogP contribution in [0.2, 0.25) is 0 Å². The van der Waals surface area contributed by atoms with Crippen LogP contribution in [0, 0.1) is 0 Å². The van der Waals surface area contributed by atoms with Gasteiger partial charge >= 0.3 is 6.09 Å². The maximum absolute atomic E-state index is 11.3. The summed E-state index contributed by atoms with van der Waals surface area (Å²) in [6, 6.07) is 4.30. The van der Waals surface area contributed by atoms with Gasteiger partial charge < -0.3 is 20.3 Å². The average Bonchev–Trinajstić information content (AvgIpc) is 2.24. The summed E-state index contributed by atoms with van der Waals surface area (Å²) < 4.78 is 5.06. The first-order valence-corrected chi connectivity index (χ1v) is 5.93. The van der Waals surface area contributed by atoms with Crippen LogP contribution in [0.3, 0.4) is 0 Å². The summed E-state index contributed by atoms with van der Waals surface area (Å²) in [6.07, 6.45) is 2.83. The molecule has 0 aliphatic heterocycles. The van der Waals surface area contributed by atoms with Crippen molar-refractivity contribution in [3.63, 3.8) is 0 Å². The monoisotopic (exact) mass is 265 g/mol. The molecule has 5 heteroatoms. The lowest BCUT2D eigenvalue weighted by molar-refractivity contribution is 0.0534. The standard InChI is InChI=1S/C14H19NO4/c1-14(2,3)19-13(18)15-8-4-5-10-6-7-11(16)9-12(10)17/h4-7,9,16-17H,8H2,1-3H3,(H,15,18). The number of phenols is 2. The van der Waals surface area contributed by atoms with E-state index in [9.17, 15) is 9.90 Å². The van der Waals surface area contributed by atoms with Crippen molar-refractivity contribution in [3.05, 3.63) is 29.8 Å². The van der Waals surface area contributed by atoms with Crippen molar-refractivity contribution in [1.29, 1.82) is 0 Å². The highest BCUT2D eigenvalue weighted by atomic mass is 16.6. The Morgan fingerprint density at radius 3 is 2.63 bits per heavy atom. The van der Waals surface area contributed by atoms with Crippen molar-refractivity contribution in [2.45, 2.75) is 26.4 Å². The van der Waals surface area contributed by atoms with Gasteiger partial charge in [0.15, 0.2) is 0 Å². The predicted octanol–water partition coefficient (Wildman–Crippen LogP) is 2.64. The second-order valence-electron chi connectivity index (χ2n) is 5.03. The largest absolute Gasteiger partial charge is 0.508 e. The van der Waals surface area contributed by atoms with Crippen molar-refractivity contribution in [2.24, 2.45) is 0 Å². The van der Waals surface area contributed by atoms with Gasteiger partial charge in [-0.25, -0.2) is 4.79 Å². The maximum atomic E-state index is 11.3. The van der Waals surface area contributed by atoms with Crippen molar-refractivity contribution in [2.75, 3.05) is 6.54 Å². The van der Waals surface area contributed by atoms with Crippen LogP contribution < -0.4 is 5.32 Å². The second kappa shape index (κ2) is 6.13. The third kappa shape index (κ3) is 5.81. The molecule has 0 saturated carbocycles. The topological polar surface area (TPSA) is 78.8 Å². The highest BCUT2D eigenvalue weighted by molar-refractivity contribution is 5.68. The number of rotatable bonds is 3. The molecule has 1 rings (SSSR count). The molecule has 19 heavy (non-hydrogen) atoms. The van der Waals surface area contributed by atoms with E-state index in [0.29, 0.717) is 5.56 Å². The van der Waals surface area contributed by atoms with E-state index in [1.165, 1.54) is 12.1 Å². The highest BCUT2D eigenvalue weighted by Crippen LogP contribution is 2.23. The normalized spacial score (nSPS) is 11.5. The quantitative estimate of drug-likeness (QED) is 0.785. The molecule has 0 aliphatic carbocycles. The van der Waals surface area contributed by atoms with Crippen LogP contribution in [-0.2, 0) is 4.74 Å². The van der Waals surface area contributed by atoms with E-state index < -0.39 is 11.7 Å². The average molecular weight is 265 g/mol. The van der Waals surface area contributed by atoms with Crippen LogP contribution in [0.1, 0.15) is 26.3 Å². The van der Waals surface area contributed by atoms with Crippen molar-refractivity contribution < 1.29 is 19.7 Å². The van der Waals surface area contributed by atoms with Gasteiger partial charge in [0.1, 0.15) is 17.1 Å². The number of hydrogen-bond acceptors (Lipinski definition) is 4. The fraction of sp³-hybridized carbons (Fsp3) is 0.357. The van der Waals surface area contributed by atoms with Gasteiger partial charge in [0.2, 0.25) is 0 Å². The van der Waals surface area contributed by atoms with Crippen LogP contribution in [0.4, 0.5) is 4.79 Å². The molecule has 0 unspecified atom stereocenters. The molecule has 3 N–H and O–H groups in total. The second-order valence-corrected chi connectivity index (χ2v) is 5.03. The van der Waals surface area contributed by atoms with Crippen molar-refractivity contribution in [3.8, 4) is 11.5 Å². The lowest BCUT2D eigenvalue weighted by Crippen LogP contribution is -2.32. The van der Waals surface area contributed by atoms with Crippen LogP contribution in [0.25, 0.3) is 6.08 Å². The highest BCUT2D eigenvalue weighted by Gasteiger charge is 2.14. The summed E-state index contributed by atoms with van der Waals surface area (Å²) in [7, 11) is 0. The minimum absolute atomic E-state index is 0.00142. The molecule has 0 radical (unpaired) electrons. The molecular weight excluding hydrogens is 246 g/mol. The molecule has 1 amide bonds. The third-order valence-electron chi connectivity index (χ3n) is 2.07. The molecule has 0 heterocycles. The Morgan fingerprint density at radius 1 is 1.37 bits per heavy atom. The Labute approximate surface area is 112 Å². The number of carbonyl (C=O) groups excluding carboxylic acids is 1. The molecule has 0 saturated heterocycles. The van der Waals surface area contributed by atoms with Crippen LogP contribution in [-0.4, -0.2) is 28.5 Å².